The van der Waals surface area contributed by atoms with Crippen molar-refractivity contribution in [2.75, 3.05) is 17.7 Å². The van der Waals surface area contributed by atoms with Crippen LogP contribution in [0.5, 0.6) is 0 Å². The summed E-state index contributed by atoms with van der Waals surface area (Å²) in [6.45, 7) is 0.576. The van der Waals surface area contributed by atoms with Gasteiger partial charge >= 0.3 is 0 Å². The minimum atomic E-state index is -0.111. The Hall–Kier alpha value is -2.47. The van der Waals surface area contributed by atoms with Crippen LogP contribution < -0.4 is 4.90 Å². The minimum absolute atomic E-state index is 0.111. The van der Waals surface area contributed by atoms with E-state index in [0.29, 0.717) is 12.3 Å². The molecule has 1 aliphatic rings. The average molecular weight is 339 g/mol. The third-order valence-corrected chi connectivity index (χ3v) is 4.89. The number of hydrogen-bond acceptors (Lipinski definition) is 4. The molecular formula is C18H17N3O2S. The first kappa shape index (κ1) is 15.1. The first-order chi connectivity index (χ1) is 11.8. The third-order valence-electron chi connectivity index (χ3n) is 4.27. The number of rotatable bonds is 3. The number of carbonyl (C=O) groups is 1. The molecule has 2 aromatic heterocycles. The summed E-state index contributed by atoms with van der Waals surface area (Å²) >= 11 is 1.49. The molecule has 1 amide bonds. The smallest absolute Gasteiger partial charge is 0.294 e. The number of aromatic nitrogens is 2. The number of thioether (sulfide) groups is 1. The van der Waals surface area contributed by atoms with Crippen molar-refractivity contribution >= 4 is 23.4 Å². The highest BCUT2D eigenvalue weighted by atomic mass is 32.2. The van der Waals surface area contributed by atoms with E-state index < -0.39 is 0 Å². The molecule has 0 fully saturated rings. The van der Waals surface area contributed by atoms with E-state index in [1.54, 1.807) is 17.2 Å². The fourth-order valence-corrected chi connectivity index (χ4v) is 3.50. The Balaban J connectivity index is 1.71. The van der Waals surface area contributed by atoms with Crippen molar-refractivity contribution in [2.45, 2.75) is 17.6 Å². The van der Waals surface area contributed by atoms with Crippen LogP contribution in [0, 0.1) is 0 Å². The van der Waals surface area contributed by atoms with Crippen molar-refractivity contribution in [3.63, 3.8) is 0 Å². The highest BCUT2D eigenvalue weighted by Gasteiger charge is 2.31. The standard InChI is InChI=1S/C18H17N3O2S/c1-24-17-8-7-16(23-17)18(22)20-12-14(21-10-4-9-19-21)11-13-5-2-3-6-15(13)20/h2-10,14H,11-12H2,1H3/t14-/m0/s1. The van der Waals surface area contributed by atoms with Gasteiger partial charge in [0.1, 0.15) is 0 Å². The number of benzene rings is 1. The van der Waals surface area contributed by atoms with Gasteiger partial charge in [0.25, 0.3) is 5.91 Å². The number of anilines is 1. The lowest BCUT2D eigenvalue weighted by molar-refractivity contribution is 0.0948. The lowest BCUT2D eigenvalue weighted by atomic mass is 9.97. The topological polar surface area (TPSA) is 51.3 Å². The number of amides is 1. The second-order valence-corrected chi connectivity index (χ2v) is 6.52. The highest BCUT2D eigenvalue weighted by Crippen LogP contribution is 2.33. The number of furan rings is 1. The Morgan fingerprint density at radius 1 is 1.25 bits per heavy atom. The average Bonchev–Trinajstić information content (AvgIpc) is 3.31. The maximum atomic E-state index is 13.0. The summed E-state index contributed by atoms with van der Waals surface area (Å²) in [5, 5.41) is 5.09. The predicted octanol–water partition coefficient (Wildman–Crippen LogP) is 3.64. The van der Waals surface area contributed by atoms with Crippen molar-refractivity contribution in [1.29, 1.82) is 0 Å². The van der Waals surface area contributed by atoms with Crippen molar-refractivity contribution in [3.05, 3.63) is 66.2 Å². The van der Waals surface area contributed by atoms with Gasteiger partial charge in [-0.2, -0.15) is 5.10 Å². The Labute approximate surface area is 144 Å². The molecule has 1 aliphatic heterocycles. The number of nitrogens with zero attached hydrogens (tertiary/aromatic N) is 3. The normalized spacial score (nSPS) is 16.9. The number of fused-ring (bicyclic) bond motifs is 1. The number of carbonyl (C=O) groups excluding carboxylic acids is 1. The van der Waals surface area contributed by atoms with Gasteiger partial charge in [0.2, 0.25) is 0 Å². The van der Waals surface area contributed by atoms with Crippen LogP contribution >= 0.6 is 11.8 Å². The molecule has 0 N–H and O–H groups in total. The molecule has 4 rings (SSSR count). The van der Waals surface area contributed by atoms with E-state index in [0.717, 1.165) is 22.8 Å². The van der Waals surface area contributed by atoms with Crippen molar-refractivity contribution < 1.29 is 9.21 Å². The molecule has 0 bridgehead atoms. The zero-order valence-corrected chi connectivity index (χ0v) is 14.1. The zero-order valence-electron chi connectivity index (χ0n) is 13.3. The molecule has 0 radical (unpaired) electrons. The van der Waals surface area contributed by atoms with Gasteiger partial charge in [-0.25, -0.2) is 0 Å². The van der Waals surface area contributed by atoms with E-state index >= 15 is 0 Å². The van der Waals surface area contributed by atoms with Gasteiger partial charge in [0.15, 0.2) is 10.9 Å². The Morgan fingerprint density at radius 3 is 2.88 bits per heavy atom. The predicted molar refractivity (Wildman–Crippen MR) is 93.6 cm³/mol. The van der Waals surface area contributed by atoms with Crippen LogP contribution in [0.2, 0.25) is 0 Å². The highest BCUT2D eigenvalue weighted by molar-refractivity contribution is 7.98. The van der Waals surface area contributed by atoms with Gasteiger partial charge in [-0.15, -0.1) is 0 Å². The van der Waals surface area contributed by atoms with Crippen molar-refractivity contribution in [2.24, 2.45) is 0 Å². The molecule has 0 unspecified atom stereocenters. The van der Waals surface area contributed by atoms with E-state index in [1.165, 1.54) is 11.8 Å². The van der Waals surface area contributed by atoms with E-state index in [4.69, 9.17) is 4.42 Å². The largest absolute Gasteiger partial charge is 0.445 e. The third kappa shape index (κ3) is 2.63. The molecule has 1 aromatic carbocycles. The molecule has 6 heteroatoms. The van der Waals surface area contributed by atoms with Gasteiger partial charge in [0, 0.05) is 24.6 Å². The van der Waals surface area contributed by atoms with Crippen LogP contribution in [-0.2, 0) is 6.42 Å². The monoisotopic (exact) mass is 339 g/mol. The quantitative estimate of drug-likeness (QED) is 0.684. The van der Waals surface area contributed by atoms with E-state index in [9.17, 15) is 4.79 Å². The molecule has 5 nitrogen and oxygen atoms in total. The van der Waals surface area contributed by atoms with Crippen molar-refractivity contribution in [1.82, 2.24) is 9.78 Å². The van der Waals surface area contributed by atoms with Crippen LogP contribution in [0.3, 0.4) is 0 Å². The Bertz CT molecular complexity index is 857. The van der Waals surface area contributed by atoms with Crippen LogP contribution in [-0.4, -0.2) is 28.5 Å². The summed E-state index contributed by atoms with van der Waals surface area (Å²) in [6, 6.07) is 13.6. The molecule has 3 aromatic rings. The first-order valence-corrected chi connectivity index (χ1v) is 9.01. The fourth-order valence-electron chi connectivity index (χ4n) is 3.12. The van der Waals surface area contributed by atoms with Crippen LogP contribution in [0.4, 0.5) is 5.69 Å². The Morgan fingerprint density at radius 2 is 2.12 bits per heavy atom. The fraction of sp³-hybridized carbons (Fsp3) is 0.222. The lowest BCUT2D eigenvalue weighted by Gasteiger charge is -2.34. The summed E-state index contributed by atoms with van der Waals surface area (Å²) in [4.78, 5) is 14.8. The van der Waals surface area contributed by atoms with Crippen LogP contribution in [0.1, 0.15) is 22.2 Å². The molecule has 0 aliphatic carbocycles. The summed E-state index contributed by atoms with van der Waals surface area (Å²) in [6.07, 6.45) is 6.50. The zero-order chi connectivity index (χ0) is 16.5. The van der Waals surface area contributed by atoms with Gasteiger partial charge < -0.3 is 9.32 Å². The molecule has 0 saturated carbocycles. The molecule has 3 heterocycles. The second kappa shape index (κ2) is 6.20. The minimum Gasteiger partial charge on any atom is -0.445 e. The van der Waals surface area contributed by atoms with Gasteiger partial charge in [-0.1, -0.05) is 30.0 Å². The summed E-state index contributed by atoms with van der Waals surface area (Å²) < 4.78 is 7.56. The summed E-state index contributed by atoms with van der Waals surface area (Å²) in [5.74, 6) is 0.259. The van der Waals surface area contributed by atoms with Gasteiger partial charge in [-0.3, -0.25) is 9.48 Å². The summed E-state index contributed by atoms with van der Waals surface area (Å²) in [5.41, 5.74) is 2.10. The Kier molecular flexibility index (Phi) is 3.90. The molecular weight excluding hydrogens is 322 g/mol. The number of para-hydroxylation sites is 1. The van der Waals surface area contributed by atoms with Gasteiger partial charge in [0.05, 0.1) is 6.04 Å². The SMILES string of the molecule is CSc1ccc(C(=O)N2C[C@@H](n3cccn3)Cc3ccccc32)o1. The van der Waals surface area contributed by atoms with E-state index in [-0.39, 0.29) is 11.9 Å². The molecule has 122 valence electrons. The van der Waals surface area contributed by atoms with Crippen LogP contribution in [0.15, 0.2) is 64.4 Å². The second-order valence-electron chi connectivity index (χ2n) is 5.71. The molecule has 24 heavy (non-hydrogen) atoms. The van der Waals surface area contributed by atoms with E-state index in [1.807, 2.05) is 47.5 Å². The van der Waals surface area contributed by atoms with E-state index in [2.05, 4.69) is 11.2 Å². The molecule has 1 atom stereocenters. The maximum absolute atomic E-state index is 13.0. The van der Waals surface area contributed by atoms with Crippen molar-refractivity contribution in [3.8, 4) is 0 Å². The molecule has 0 saturated heterocycles. The summed E-state index contributed by atoms with van der Waals surface area (Å²) in [7, 11) is 0. The first-order valence-electron chi connectivity index (χ1n) is 7.79. The lowest BCUT2D eigenvalue weighted by Crippen LogP contribution is -2.41. The number of hydrogen-bond donors (Lipinski definition) is 0. The van der Waals surface area contributed by atoms with Gasteiger partial charge in [-0.05, 0) is 42.5 Å². The maximum Gasteiger partial charge on any atom is 0.294 e. The molecule has 0 spiro atoms. The van der Waals surface area contributed by atoms with Crippen LogP contribution in [0.25, 0.3) is 0 Å².